The van der Waals surface area contributed by atoms with Crippen molar-refractivity contribution in [1.29, 1.82) is 0 Å². The average Bonchev–Trinajstić information content (AvgIpc) is 3.01. The molecule has 1 aliphatic rings. The number of hydrogen-bond donors (Lipinski definition) is 1. The molecule has 0 spiro atoms. The molecule has 1 unspecified atom stereocenters. The molecule has 0 bridgehead atoms. The minimum Gasteiger partial charge on any atom is -0.489 e. The second-order valence-electron chi connectivity index (χ2n) is 10.1. The lowest BCUT2D eigenvalue weighted by atomic mass is 9.98. The molecular weight excluding hydrogens is 607 g/mol. The molecule has 1 aliphatic heterocycles. The second-order valence-corrected chi connectivity index (χ2v) is 11.0. The van der Waals surface area contributed by atoms with Gasteiger partial charge in [-0.15, -0.1) is 11.8 Å². The van der Waals surface area contributed by atoms with E-state index in [2.05, 4.69) is 10.1 Å². The number of ether oxygens (including phenoxy) is 2. The SMILES string of the molecule is CSc1cc(F)c(F)cc1-c1ccc(OCc2cccc(C(=O)N(CC(=O)OC(=O)C(F)(F)F)CC3CCCNC3)c2)cc1. The lowest BCUT2D eigenvalue weighted by Gasteiger charge is -2.29. The van der Waals surface area contributed by atoms with Crippen LogP contribution in [0.1, 0.15) is 28.8 Å². The zero-order valence-corrected chi connectivity index (χ0v) is 24.4. The Bertz CT molecular complexity index is 1490. The van der Waals surface area contributed by atoms with Gasteiger partial charge in [0.25, 0.3) is 5.91 Å². The maximum absolute atomic E-state index is 13.9. The van der Waals surface area contributed by atoms with Crippen LogP contribution in [0.2, 0.25) is 0 Å². The smallest absolute Gasteiger partial charge is 0.489 e. The van der Waals surface area contributed by atoms with Crippen LogP contribution < -0.4 is 10.1 Å². The minimum absolute atomic E-state index is 0.0493. The van der Waals surface area contributed by atoms with Gasteiger partial charge in [-0.25, -0.2) is 18.4 Å². The summed E-state index contributed by atoms with van der Waals surface area (Å²) in [4.78, 5) is 38.4. The van der Waals surface area contributed by atoms with E-state index in [1.165, 1.54) is 17.8 Å². The Morgan fingerprint density at radius 2 is 1.75 bits per heavy atom. The number of esters is 2. The molecule has 1 amide bonds. The van der Waals surface area contributed by atoms with Crippen molar-refractivity contribution in [3.8, 4) is 16.9 Å². The number of carbonyl (C=O) groups excluding carboxylic acids is 3. The maximum Gasteiger partial charge on any atom is 0.491 e. The number of rotatable bonds is 10. The first-order chi connectivity index (χ1) is 20.9. The van der Waals surface area contributed by atoms with E-state index in [0.717, 1.165) is 36.4 Å². The van der Waals surface area contributed by atoms with Crippen LogP contribution in [0.4, 0.5) is 22.0 Å². The quantitative estimate of drug-likeness (QED) is 0.126. The monoisotopic (exact) mass is 636 g/mol. The number of nitrogens with one attached hydrogen (secondary N) is 1. The Kier molecular flexibility index (Phi) is 11.0. The standard InChI is InChI=1S/C31H29F5N2O5S/c1-44-27-14-26(33)25(32)13-24(27)21-7-9-23(10-8-21)42-18-19-4-2-6-22(12-19)29(40)38(16-20-5-3-11-37-15-20)17-28(39)43-30(41)31(34,35)36/h2,4,6-10,12-14,20,37H,3,5,11,15-18H2,1H3. The summed E-state index contributed by atoms with van der Waals surface area (Å²) in [5.41, 5.74) is 1.97. The van der Waals surface area contributed by atoms with Crippen LogP contribution in [-0.4, -0.2) is 61.4 Å². The van der Waals surface area contributed by atoms with Gasteiger partial charge < -0.3 is 19.7 Å². The summed E-state index contributed by atoms with van der Waals surface area (Å²) in [6.45, 7) is 0.643. The van der Waals surface area contributed by atoms with Crippen molar-refractivity contribution in [2.24, 2.45) is 5.92 Å². The van der Waals surface area contributed by atoms with Crippen LogP contribution in [0.15, 0.2) is 65.6 Å². The van der Waals surface area contributed by atoms with Crippen LogP contribution in [0.5, 0.6) is 5.75 Å². The normalized spacial score (nSPS) is 15.0. The first-order valence-corrected chi connectivity index (χ1v) is 14.8. The van der Waals surface area contributed by atoms with Gasteiger partial charge in [0.05, 0.1) is 0 Å². The highest BCUT2D eigenvalue weighted by Crippen LogP contribution is 2.33. The number of carbonyl (C=O) groups is 3. The Morgan fingerprint density at radius 3 is 2.41 bits per heavy atom. The largest absolute Gasteiger partial charge is 0.491 e. The molecule has 3 aromatic carbocycles. The number of thioether (sulfide) groups is 1. The predicted molar refractivity (Wildman–Crippen MR) is 153 cm³/mol. The third-order valence-electron chi connectivity index (χ3n) is 6.91. The molecule has 0 aromatic heterocycles. The summed E-state index contributed by atoms with van der Waals surface area (Å²) in [6.07, 6.45) is -2.01. The number of amides is 1. The molecule has 1 atom stereocenters. The summed E-state index contributed by atoms with van der Waals surface area (Å²) in [5, 5.41) is 3.18. The van der Waals surface area contributed by atoms with Crippen LogP contribution in [0, 0.1) is 17.6 Å². The number of halogens is 5. The van der Waals surface area contributed by atoms with Crippen molar-refractivity contribution in [3.05, 3.63) is 83.4 Å². The maximum atomic E-state index is 13.9. The average molecular weight is 637 g/mol. The van der Waals surface area contributed by atoms with E-state index < -0.39 is 42.2 Å². The zero-order chi connectivity index (χ0) is 31.9. The highest BCUT2D eigenvalue weighted by atomic mass is 32.2. The molecule has 0 aliphatic carbocycles. The third-order valence-corrected chi connectivity index (χ3v) is 7.69. The van der Waals surface area contributed by atoms with Crippen molar-refractivity contribution in [3.63, 3.8) is 0 Å². The fourth-order valence-corrected chi connectivity index (χ4v) is 5.38. The molecule has 13 heteroatoms. The van der Waals surface area contributed by atoms with Crippen LogP contribution in [0.3, 0.4) is 0 Å². The van der Waals surface area contributed by atoms with Gasteiger partial charge >= 0.3 is 18.1 Å². The summed E-state index contributed by atoms with van der Waals surface area (Å²) in [5.74, 6) is -6.20. The fraction of sp³-hybridized carbons (Fsp3) is 0.323. The van der Waals surface area contributed by atoms with Crippen molar-refractivity contribution in [2.45, 2.75) is 30.5 Å². The van der Waals surface area contributed by atoms with Crippen molar-refractivity contribution in [2.75, 3.05) is 32.4 Å². The summed E-state index contributed by atoms with van der Waals surface area (Å²) >= 11 is 1.29. The van der Waals surface area contributed by atoms with E-state index in [1.54, 1.807) is 48.7 Å². The summed E-state index contributed by atoms with van der Waals surface area (Å²) < 4.78 is 75.0. The molecule has 44 heavy (non-hydrogen) atoms. The first-order valence-electron chi connectivity index (χ1n) is 13.6. The molecule has 1 fully saturated rings. The van der Waals surface area contributed by atoms with Gasteiger partial charge in [0.15, 0.2) is 11.6 Å². The molecule has 234 valence electrons. The van der Waals surface area contributed by atoms with Gasteiger partial charge in [-0.1, -0.05) is 24.3 Å². The fourth-order valence-electron chi connectivity index (χ4n) is 4.76. The van der Waals surface area contributed by atoms with Gasteiger partial charge in [-0.2, -0.15) is 13.2 Å². The minimum atomic E-state index is -5.34. The van der Waals surface area contributed by atoms with Gasteiger partial charge in [0.1, 0.15) is 18.9 Å². The molecule has 3 aromatic rings. The van der Waals surface area contributed by atoms with E-state index in [1.807, 2.05) is 0 Å². The van der Waals surface area contributed by atoms with Gasteiger partial charge in [0, 0.05) is 17.0 Å². The third kappa shape index (κ3) is 8.79. The lowest BCUT2D eigenvalue weighted by Crippen LogP contribution is -2.44. The highest BCUT2D eigenvalue weighted by Gasteiger charge is 2.42. The van der Waals surface area contributed by atoms with Crippen molar-refractivity contribution < 1.29 is 45.8 Å². The van der Waals surface area contributed by atoms with Gasteiger partial charge in [-0.05, 0) is 91.2 Å². The van der Waals surface area contributed by atoms with E-state index in [9.17, 15) is 36.3 Å². The molecule has 1 heterocycles. The molecule has 0 radical (unpaired) electrons. The highest BCUT2D eigenvalue weighted by molar-refractivity contribution is 7.98. The topological polar surface area (TPSA) is 84.9 Å². The summed E-state index contributed by atoms with van der Waals surface area (Å²) in [6, 6.07) is 15.4. The zero-order valence-electron chi connectivity index (χ0n) is 23.6. The van der Waals surface area contributed by atoms with Crippen molar-refractivity contribution >= 4 is 29.6 Å². The second kappa shape index (κ2) is 14.7. The Labute approximate surface area is 254 Å². The van der Waals surface area contributed by atoms with Crippen LogP contribution in [-0.2, 0) is 20.9 Å². The van der Waals surface area contributed by atoms with E-state index in [4.69, 9.17) is 4.74 Å². The number of nitrogens with zero attached hydrogens (tertiary/aromatic N) is 1. The number of piperidine rings is 1. The Morgan fingerprint density at radius 1 is 1.02 bits per heavy atom. The van der Waals surface area contributed by atoms with Gasteiger partial charge in [0.2, 0.25) is 0 Å². The van der Waals surface area contributed by atoms with E-state index in [-0.39, 0.29) is 24.6 Å². The number of alkyl halides is 3. The van der Waals surface area contributed by atoms with E-state index in [0.29, 0.717) is 33.9 Å². The first kappa shape index (κ1) is 32.9. The molecular formula is C31H29F5N2O5S. The van der Waals surface area contributed by atoms with Crippen molar-refractivity contribution in [1.82, 2.24) is 10.2 Å². The molecule has 4 rings (SSSR count). The molecule has 0 saturated carbocycles. The van der Waals surface area contributed by atoms with Crippen LogP contribution >= 0.6 is 11.8 Å². The Hall–Kier alpha value is -3.97. The Balaban J connectivity index is 1.44. The number of benzene rings is 3. The van der Waals surface area contributed by atoms with Gasteiger partial charge in [-0.3, -0.25) is 4.79 Å². The van der Waals surface area contributed by atoms with E-state index >= 15 is 0 Å². The molecule has 1 saturated heterocycles. The predicted octanol–water partition coefficient (Wildman–Crippen LogP) is 6.01. The molecule has 1 N–H and O–H groups in total. The van der Waals surface area contributed by atoms with Crippen LogP contribution in [0.25, 0.3) is 11.1 Å². The number of hydrogen-bond acceptors (Lipinski definition) is 7. The molecule has 7 nitrogen and oxygen atoms in total. The lowest BCUT2D eigenvalue weighted by molar-refractivity contribution is -0.202. The summed E-state index contributed by atoms with van der Waals surface area (Å²) in [7, 11) is 0.